The summed E-state index contributed by atoms with van der Waals surface area (Å²) >= 11 is 0. The molecule has 21 heavy (non-hydrogen) atoms. The van der Waals surface area contributed by atoms with Crippen molar-refractivity contribution in [2.24, 2.45) is 0 Å². The molecular formula is C10H15FN3O6P. The summed E-state index contributed by atoms with van der Waals surface area (Å²) < 4.78 is 35.9. The summed E-state index contributed by atoms with van der Waals surface area (Å²) in [6.07, 6.45) is -6.03. The Morgan fingerprint density at radius 1 is 1.67 bits per heavy atom. The molecule has 2 heterocycles. The standard InChI is InChI=1S/C10H15FN3O6P/c1-4(15)7-8(20-21(17)18)6(11)9(19-7)14-3-2-5(12)13-10(14)16/h2-4,6-9,15,21H,1H3,(H,17,18)(H2,12,13,16)/t4-,6?,7+,8?,9+/m0/s1. The van der Waals surface area contributed by atoms with Crippen molar-refractivity contribution in [3.8, 4) is 0 Å². The molecule has 0 spiro atoms. The third kappa shape index (κ3) is 3.30. The van der Waals surface area contributed by atoms with Gasteiger partial charge in [0, 0.05) is 6.20 Å². The van der Waals surface area contributed by atoms with E-state index in [1.165, 1.54) is 19.2 Å². The summed E-state index contributed by atoms with van der Waals surface area (Å²) in [5.41, 5.74) is 4.49. The Labute approximate surface area is 119 Å². The van der Waals surface area contributed by atoms with Crippen LogP contribution in [0.2, 0.25) is 0 Å². The van der Waals surface area contributed by atoms with Crippen molar-refractivity contribution >= 4 is 14.1 Å². The number of nitrogens with zero attached hydrogens (tertiary/aromatic N) is 2. The second-order valence-electron chi connectivity index (χ2n) is 4.57. The molecule has 0 aromatic carbocycles. The average Bonchev–Trinajstić information content (AvgIpc) is 2.67. The third-order valence-electron chi connectivity index (χ3n) is 3.04. The number of hydrogen-bond acceptors (Lipinski definition) is 7. The lowest BCUT2D eigenvalue weighted by atomic mass is 10.1. The zero-order chi connectivity index (χ0) is 15.7. The van der Waals surface area contributed by atoms with Crippen molar-refractivity contribution in [1.82, 2.24) is 9.55 Å². The number of nitrogens with two attached hydrogens (primary N) is 1. The number of aliphatic hydroxyl groups excluding tert-OH is 1. The molecule has 0 radical (unpaired) electrons. The van der Waals surface area contributed by atoms with E-state index < -0.39 is 44.7 Å². The molecule has 0 saturated carbocycles. The highest BCUT2D eigenvalue weighted by Crippen LogP contribution is 2.38. The summed E-state index contributed by atoms with van der Waals surface area (Å²) in [5.74, 6) is -0.0371. The molecule has 2 rings (SSSR count). The number of rotatable bonds is 4. The van der Waals surface area contributed by atoms with Crippen molar-refractivity contribution in [1.29, 1.82) is 0 Å². The molecule has 118 valence electrons. The lowest BCUT2D eigenvalue weighted by Crippen LogP contribution is -2.37. The second kappa shape index (κ2) is 6.20. The molecule has 0 bridgehead atoms. The molecular weight excluding hydrogens is 308 g/mol. The lowest BCUT2D eigenvalue weighted by Gasteiger charge is -2.19. The smallest absolute Gasteiger partial charge is 0.351 e. The van der Waals surface area contributed by atoms with Crippen molar-refractivity contribution < 1.29 is 28.2 Å². The van der Waals surface area contributed by atoms with Crippen molar-refractivity contribution in [3.63, 3.8) is 0 Å². The zero-order valence-corrected chi connectivity index (χ0v) is 11.9. The van der Waals surface area contributed by atoms with Crippen LogP contribution in [0.4, 0.5) is 10.2 Å². The van der Waals surface area contributed by atoms with Gasteiger partial charge in [0.15, 0.2) is 12.4 Å². The predicted octanol–water partition coefficient (Wildman–Crippen LogP) is -0.791. The molecule has 1 aliphatic heterocycles. The fourth-order valence-corrected chi connectivity index (χ4v) is 2.63. The van der Waals surface area contributed by atoms with Crippen LogP contribution in [-0.2, 0) is 13.8 Å². The first-order valence-electron chi connectivity index (χ1n) is 6.03. The van der Waals surface area contributed by atoms with Crippen molar-refractivity contribution in [2.45, 2.75) is 37.6 Å². The molecule has 11 heteroatoms. The van der Waals surface area contributed by atoms with E-state index in [0.717, 1.165) is 4.57 Å². The first-order chi connectivity index (χ1) is 9.81. The van der Waals surface area contributed by atoms with Gasteiger partial charge in [0.05, 0.1) is 6.10 Å². The fourth-order valence-electron chi connectivity index (χ4n) is 2.13. The SMILES string of the molecule is C[C@H](O)[C@H]1O[C@@H](n2ccc(N)nc2=O)C(F)C1O[PH](=O)O. The summed E-state index contributed by atoms with van der Waals surface area (Å²) in [4.78, 5) is 23.9. The normalized spacial score (nSPS) is 32.0. The molecule has 6 atom stereocenters. The van der Waals surface area contributed by atoms with Crippen LogP contribution in [0.1, 0.15) is 13.2 Å². The van der Waals surface area contributed by atoms with E-state index in [9.17, 15) is 18.9 Å². The molecule has 0 aliphatic carbocycles. The number of halogens is 1. The maximum absolute atomic E-state index is 14.4. The second-order valence-corrected chi connectivity index (χ2v) is 5.33. The highest BCUT2D eigenvalue weighted by molar-refractivity contribution is 7.32. The van der Waals surface area contributed by atoms with Crippen LogP contribution < -0.4 is 11.4 Å². The third-order valence-corrected chi connectivity index (χ3v) is 3.52. The van der Waals surface area contributed by atoms with E-state index in [1.54, 1.807) is 0 Å². The number of nitrogen functional groups attached to an aromatic ring is 1. The topological polar surface area (TPSA) is 137 Å². The first-order valence-corrected chi connectivity index (χ1v) is 7.29. The van der Waals surface area contributed by atoms with E-state index in [1.807, 2.05) is 0 Å². The van der Waals surface area contributed by atoms with Gasteiger partial charge in [-0.05, 0) is 13.0 Å². The Morgan fingerprint density at radius 2 is 2.33 bits per heavy atom. The van der Waals surface area contributed by atoms with Gasteiger partial charge in [-0.15, -0.1) is 0 Å². The zero-order valence-electron chi connectivity index (χ0n) is 10.9. The molecule has 1 aliphatic rings. The number of aromatic nitrogens is 2. The Hall–Kier alpha value is -1.32. The van der Waals surface area contributed by atoms with E-state index in [4.69, 9.17) is 15.4 Å². The largest absolute Gasteiger partial charge is 0.391 e. The summed E-state index contributed by atoms with van der Waals surface area (Å²) in [7, 11) is -3.44. The Bertz CT molecular complexity index is 596. The minimum Gasteiger partial charge on any atom is -0.391 e. The Balaban J connectivity index is 2.33. The maximum atomic E-state index is 14.4. The van der Waals surface area contributed by atoms with E-state index in [-0.39, 0.29) is 5.82 Å². The van der Waals surface area contributed by atoms with Crippen molar-refractivity contribution in [2.75, 3.05) is 5.73 Å². The Morgan fingerprint density at radius 3 is 2.86 bits per heavy atom. The summed E-state index contributed by atoms with van der Waals surface area (Å²) in [6, 6.07) is 1.28. The maximum Gasteiger partial charge on any atom is 0.351 e. The number of ether oxygens (including phenoxy) is 1. The van der Waals surface area contributed by atoms with Gasteiger partial charge in [-0.25, -0.2) is 9.18 Å². The molecule has 1 aromatic rings. The monoisotopic (exact) mass is 323 g/mol. The van der Waals surface area contributed by atoms with Gasteiger partial charge in [0.25, 0.3) is 0 Å². The Kier molecular flexibility index (Phi) is 4.74. The first kappa shape index (κ1) is 16.1. The van der Waals surface area contributed by atoms with E-state index >= 15 is 0 Å². The predicted molar refractivity (Wildman–Crippen MR) is 69.5 cm³/mol. The molecule has 9 nitrogen and oxygen atoms in total. The number of hydrogen-bond donors (Lipinski definition) is 3. The molecule has 4 N–H and O–H groups in total. The highest BCUT2D eigenvalue weighted by Gasteiger charge is 2.49. The van der Waals surface area contributed by atoms with Gasteiger partial charge in [0.1, 0.15) is 18.0 Å². The van der Waals surface area contributed by atoms with Gasteiger partial charge < -0.3 is 25.0 Å². The number of alkyl halides is 1. The van der Waals surface area contributed by atoms with Gasteiger partial charge >= 0.3 is 13.9 Å². The van der Waals surface area contributed by atoms with Gasteiger partial charge in [-0.2, -0.15) is 4.98 Å². The minimum absolute atomic E-state index is 0.0371. The molecule has 1 aromatic heterocycles. The van der Waals surface area contributed by atoms with Crippen LogP contribution in [0.15, 0.2) is 17.1 Å². The van der Waals surface area contributed by atoms with Crippen LogP contribution >= 0.6 is 8.25 Å². The molecule has 0 amide bonds. The summed E-state index contributed by atoms with van der Waals surface area (Å²) in [6.45, 7) is 1.31. The number of aliphatic hydroxyl groups is 1. The van der Waals surface area contributed by atoms with Gasteiger partial charge in [-0.1, -0.05) is 0 Å². The van der Waals surface area contributed by atoms with Crippen LogP contribution in [0, 0.1) is 0 Å². The fraction of sp³-hybridized carbons (Fsp3) is 0.600. The molecule has 1 saturated heterocycles. The van der Waals surface area contributed by atoms with Crippen LogP contribution in [0.25, 0.3) is 0 Å². The van der Waals surface area contributed by atoms with Crippen molar-refractivity contribution in [3.05, 3.63) is 22.7 Å². The van der Waals surface area contributed by atoms with Crippen LogP contribution in [-0.4, -0.2) is 44.0 Å². The van der Waals surface area contributed by atoms with Gasteiger partial charge in [-0.3, -0.25) is 9.13 Å². The highest BCUT2D eigenvalue weighted by atomic mass is 31.1. The number of anilines is 1. The van der Waals surface area contributed by atoms with Gasteiger partial charge in [0.2, 0.25) is 0 Å². The summed E-state index contributed by atoms with van der Waals surface area (Å²) in [5, 5.41) is 9.56. The quantitative estimate of drug-likeness (QED) is 0.613. The van der Waals surface area contributed by atoms with Crippen LogP contribution in [0.3, 0.4) is 0 Å². The average molecular weight is 323 g/mol. The molecule has 1 fully saturated rings. The van der Waals surface area contributed by atoms with Crippen LogP contribution in [0.5, 0.6) is 0 Å². The van der Waals surface area contributed by atoms with E-state index in [2.05, 4.69) is 9.51 Å². The molecule has 3 unspecified atom stereocenters. The minimum atomic E-state index is -3.44. The lowest BCUT2D eigenvalue weighted by molar-refractivity contribution is -0.0756. The van der Waals surface area contributed by atoms with E-state index in [0.29, 0.717) is 0 Å².